The number of nitrogens with zero attached hydrogens (tertiary/aromatic N) is 1. The molecule has 0 aliphatic heterocycles. The molecule has 0 amide bonds. The Hall–Kier alpha value is -1.18. The van der Waals surface area contributed by atoms with Crippen molar-refractivity contribution < 1.29 is 4.79 Å². The molecule has 0 aromatic carbocycles. The largest absolute Gasteiger partial charge is 0.304 e. The van der Waals surface area contributed by atoms with Crippen molar-refractivity contribution in [2.24, 2.45) is 0 Å². The fourth-order valence-electron chi connectivity index (χ4n) is 0.313. The molecule has 11 heavy (non-hydrogen) atoms. The third kappa shape index (κ3) is 17.7. The molecule has 2 nitrogen and oxygen atoms in total. The van der Waals surface area contributed by atoms with Gasteiger partial charge in [-0.1, -0.05) is 19.9 Å². The molecule has 1 heterocycles. The molecule has 0 aliphatic carbocycles. The Labute approximate surface area is 68.3 Å². The Morgan fingerprint density at radius 2 is 1.45 bits per heavy atom. The third-order valence-corrected chi connectivity index (χ3v) is 0.566. The number of carbonyl (C=O) groups excluding carboxylic acids is 1. The van der Waals surface area contributed by atoms with Gasteiger partial charge in [-0.05, 0) is 19.1 Å². The van der Waals surface area contributed by atoms with Gasteiger partial charge in [-0.15, -0.1) is 0 Å². The van der Waals surface area contributed by atoms with Crippen molar-refractivity contribution >= 4 is 6.29 Å². The zero-order valence-corrected chi connectivity index (χ0v) is 7.32. The lowest BCUT2D eigenvalue weighted by molar-refractivity contribution is -0.106. The fourth-order valence-corrected chi connectivity index (χ4v) is 0.313. The van der Waals surface area contributed by atoms with Crippen LogP contribution in [0.25, 0.3) is 0 Å². The Kier molecular flexibility index (Phi) is 18.1. The predicted molar refractivity (Wildman–Crippen MR) is 47.3 cm³/mol. The lowest BCUT2D eigenvalue weighted by Gasteiger charge is -1.70. The first-order valence-corrected chi connectivity index (χ1v) is 3.66. The number of rotatable bonds is 0. The summed E-state index contributed by atoms with van der Waals surface area (Å²) in [5.41, 5.74) is 0. The molecular weight excluding hydrogens is 138 g/mol. The zero-order chi connectivity index (χ0) is 8.95. The topological polar surface area (TPSA) is 30.0 Å². The summed E-state index contributed by atoms with van der Waals surface area (Å²) in [4.78, 5) is 12.6. The van der Waals surface area contributed by atoms with Gasteiger partial charge in [0.1, 0.15) is 6.29 Å². The maximum Gasteiger partial charge on any atom is 0.116 e. The Balaban J connectivity index is 0. The molecule has 1 aromatic heterocycles. The maximum absolute atomic E-state index is 8.81. The van der Waals surface area contributed by atoms with E-state index >= 15 is 0 Å². The van der Waals surface area contributed by atoms with E-state index in [0.717, 1.165) is 6.29 Å². The van der Waals surface area contributed by atoms with Crippen molar-refractivity contribution in [1.82, 2.24) is 4.98 Å². The lowest BCUT2D eigenvalue weighted by Crippen LogP contribution is -1.58. The molecule has 62 valence electrons. The Bertz CT molecular complexity index is 113. The number of pyridine rings is 1. The van der Waals surface area contributed by atoms with Crippen LogP contribution >= 0.6 is 0 Å². The molecule has 0 spiro atoms. The molecule has 0 unspecified atom stereocenters. The SMILES string of the molecule is CC.CC=O.c1ccncc1. The van der Waals surface area contributed by atoms with Crippen molar-refractivity contribution in [3.05, 3.63) is 30.6 Å². The highest BCUT2D eigenvalue weighted by Gasteiger charge is 1.58. The van der Waals surface area contributed by atoms with Gasteiger partial charge in [-0.2, -0.15) is 0 Å². The molecule has 0 radical (unpaired) electrons. The minimum Gasteiger partial charge on any atom is -0.304 e. The molecule has 1 aromatic rings. The van der Waals surface area contributed by atoms with E-state index in [1.807, 2.05) is 32.0 Å². The fraction of sp³-hybridized carbons (Fsp3) is 0.333. The van der Waals surface area contributed by atoms with Crippen LogP contribution in [0.3, 0.4) is 0 Å². The maximum atomic E-state index is 8.81. The van der Waals surface area contributed by atoms with Crippen LogP contribution in [-0.4, -0.2) is 11.3 Å². The minimum absolute atomic E-state index is 0.750. The van der Waals surface area contributed by atoms with E-state index < -0.39 is 0 Å². The Morgan fingerprint density at radius 1 is 1.09 bits per heavy atom. The highest BCUT2D eigenvalue weighted by atomic mass is 16.1. The molecule has 0 aliphatic rings. The van der Waals surface area contributed by atoms with Crippen LogP contribution in [0.5, 0.6) is 0 Å². The molecule has 0 saturated carbocycles. The molecule has 1 rings (SSSR count). The van der Waals surface area contributed by atoms with Gasteiger partial charge in [0.2, 0.25) is 0 Å². The van der Waals surface area contributed by atoms with Crippen LogP contribution in [-0.2, 0) is 4.79 Å². The van der Waals surface area contributed by atoms with E-state index in [2.05, 4.69) is 4.98 Å². The summed E-state index contributed by atoms with van der Waals surface area (Å²) in [7, 11) is 0. The number of aromatic nitrogens is 1. The van der Waals surface area contributed by atoms with Crippen LogP contribution in [0.4, 0.5) is 0 Å². The minimum atomic E-state index is 0.750. The summed E-state index contributed by atoms with van der Waals surface area (Å²) < 4.78 is 0. The van der Waals surface area contributed by atoms with Gasteiger partial charge >= 0.3 is 0 Å². The highest BCUT2D eigenvalue weighted by molar-refractivity contribution is 5.44. The first-order valence-electron chi connectivity index (χ1n) is 3.66. The van der Waals surface area contributed by atoms with E-state index in [4.69, 9.17) is 4.79 Å². The Morgan fingerprint density at radius 3 is 1.55 bits per heavy atom. The van der Waals surface area contributed by atoms with Crippen molar-refractivity contribution in [1.29, 1.82) is 0 Å². The molecular formula is C9H15NO. The number of hydrogen-bond acceptors (Lipinski definition) is 2. The summed E-state index contributed by atoms with van der Waals surface area (Å²) in [6.45, 7) is 5.44. The van der Waals surface area contributed by atoms with Gasteiger partial charge < -0.3 is 4.79 Å². The van der Waals surface area contributed by atoms with Crippen molar-refractivity contribution in [3.63, 3.8) is 0 Å². The number of carbonyl (C=O) groups is 1. The molecule has 0 saturated heterocycles. The second-order valence-corrected chi connectivity index (χ2v) is 1.26. The lowest BCUT2D eigenvalue weighted by atomic mass is 10.5. The third-order valence-electron chi connectivity index (χ3n) is 0.566. The van der Waals surface area contributed by atoms with Crippen LogP contribution < -0.4 is 0 Å². The van der Waals surface area contributed by atoms with Gasteiger partial charge in [0.05, 0.1) is 0 Å². The van der Waals surface area contributed by atoms with Gasteiger partial charge in [-0.25, -0.2) is 0 Å². The van der Waals surface area contributed by atoms with E-state index in [1.165, 1.54) is 6.92 Å². The van der Waals surface area contributed by atoms with Gasteiger partial charge in [-0.3, -0.25) is 4.98 Å². The van der Waals surface area contributed by atoms with E-state index in [0.29, 0.717) is 0 Å². The first-order chi connectivity index (χ1) is 5.41. The predicted octanol–water partition coefficient (Wildman–Crippen LogP) is 2.31. The van der Waals surface area contributed by atoms with Gasteiger partial charge in [0.15, 0.2) is 0 Å². The van der Waals surface area contributed by atoms with Crippen LogP contribution in [0.15, 0.2) is 30.6 Å². The number of aldehydes is 1. The van der Waals surface area contributed by atoms with Crippen LogP contribution in [0.1, 0.15) is 20.8 Å². The van der Waals surface area contributed by atoms with Crippen molar-refractivity contribution in [2.75, 3.05) is 0 Å². The smallest absolute Gasteiger partial charge is 0.116 e. The number of hydrogen-bond donors (Lipinski definition) is 0. The van der Waals surface area contributed by atoms with Crippen LogP contribution in [0.2, 0.25) is 0 Å². The first kappa shape index (κ1) is 12.5. The van der Waals surface area contributed by atoms with Gasteiger partial charge in [0, 0.05) is 12.4 Å². The molecule has 0 fully saturated rings. The molecule has 0 N–H and O–H groups in total. The summed E-state index contributed by atoms with van der Waals surface area (Å²) >= 11 is 0. The average molecular weight is 153 g/mol. The summed E-state index contributed by atoms with van der Waals surface area (Å²) in [6.07, 6.45) is 4.25. The van der Waals surface area contributed by atoms with Crippen molar-refractivity contribution in [2.45, 2.75) is 20.8 Å². The van der Waals surface area contributed by atoms with E-state index in [-0.39, 0.29) is 0 Å². The second kappa shape index (κ2) is 15.9. The normalized spacial score (nSPS) is 6.09. The molecule has 0 bridgehead atoms. The summed E-state index contributed by atoms with van der Waals surface area (Å²) in [6, 6.07) is 5.72. The molecule has 2 heteroatoms. The standard InChI is InChI=1S/C5H5N.C2H4O.C2H6/c1-2-4-6-5-3-1;1-2-3;1-2/h1-5H;2H,1H3;1-2H3. The van der Waals surface area contributed by atoms with Gasteiger partial charge in [0.25, 0.3) is 0 Å². The monoisotopic (exact) mass is 153 g/mol. The summed E-state index contributed by atoms with van der Waals surface area (Å²) in [5.74, 6) is 0. The van der Waals surface area contributed by atoms with Crippen molar-refractivity contribution in [3.8, 4) is 0 Å². The van der Waals surface area contributed by atoms with Crippen LogP contribution in [0, 0.1) is 0 Å². The van der Waals surface area contributed by atoms with E-state index in [1.54, 1.807) is 12.4 Å². The zero-order valence-electron chi connectivity index (χ0n) is 7.32. The highest BCUT2D eigenvalue weighted by Crippen LogP contribution is 1.73. The molecule has 0 atom stereocenters. The quantitative estimate of drug-likeness (QED) is 0.535. The second-order valence-electron chi connectivity index (χ2n) is 1.26. The summed E-state index contributed by atoms with van der Waals surface area (Å²) in [5, 5.41) is 0. The van der Waals surface area contributed by atoms with E-state index in [9.17, 15) is 0 Å². The average Bonchev–Trinajstić information content (AvgIpc) is 2.12.